The molecule has 0 rings (SSSR count). The van der Waals surface area contributed by atoms with E-state index in [1.54, 1.807) is 38.9 Å². The summed E-state index contributed by atoms with van der Waals surface area (Å²) in [6.07, 6.45) is 1.70. The van der Waals surface area contributed by atoms with Gasteiger partial charge in [-0.1, -0.05) is 0 Å². The van der Waals surface area contributed by atoms with Crippen molar-refractivity contribution in [2.45, 2.75) is 13.8 Å². The second kappa shape index (κ2) is 7.45. The minimum Gasteiger partial charge on any atom is -0.369 e. The van der Waals surface area contributed by atoms with Gasteiger partial charge in [0.05, 0.1) is 19.4 Å². The van der Waals surface area contributed by atoms with E-state index in [9.17, 15) is 4.57 Å². The van der Waals surface area contributed by atoms with Crippen LogP contribution in [0.1, 0.15) is 13.8 Å². The highest BCUT2D eigenvalue weighted by Gasteiger charge is 2.22. The van der Waals surface area contributed by atoms with Crippen molar-refractivity contribution >= 4 is 7.60 Å². The average molecular weight is 246 g/mol. The first kappa shape index (κ1) is 15.2. The molecule has 0 bridgehead atoms. The molecular weight excluding hydrogens is 227 g/mol. The molecule has 0 radical (unpaired) electrons. The van der Waals surface area contributed by atoms with Gasteiger partial charge in [-0.2, -0.15) is 5.26 Å². The molecule has 0 heterocycles. The Bertz CT molecular complexity index is 311. The van der Waals surface area contributed by atoms with Gasteiger partial charge >= 0.3 is 7.60 Å². The Balaban J connectivity index is 4.65. The highest BCUT2D eigenvalue weighted by Crippen LogP contribution is 2.48. The average Bonchev–Trinajstić information content (AvgIpc) is 2.18. The van der Waals surface area contributed by atoms with E-state index in [1.165, 1.54) is 0 Å². The lowest BCUT2D eigenvalue weighted by Crippen LogP contribution is -2.10. The van der Waals surface area contributed by atoms with E-state index in [4.69, 9.17) is 14.3 Å². The lowest BCUT2D eigenvalue weighted by atomic mass is 10.4. The Morgan fingerprint density at radius 3 is 2.19 bits per heavy atom. The number of nitriles is 1. The molecule has 92 valence electrons. The fourth-order valence-corrected chi connectivity index (χ4v) is 2.53. The maximum absolute atomic E-state index is 12.0. The van der Waals surface area contributed by atoms with E-state index in [1.807, 2.05) is 6.07 Å². The maximum atomic E-state index is 12.0. The standard InChI is InChI=1S/C10H19N2O3P/c1-5-14-16(13,15-6-2)8-7-10(9-11)12(3)4/h7H,5-6,8H2,1-4H3. The van der Waals surface area contributed by atoms with E-state index in [0.29, 0.717) is 18.9 Å². The van der Waals surface area contributed by atoms with E-state index in [-0.39, 0.29) is 6.16 Å². The van der Waals surface area contributed by atoms with Crippen LogP contribution in [0.2, 0.25) is 0 Å². The molecule has 0 aliphatic heterocycles. The molecule has 16 heavy (non-hydrogen) atoms. The van der Waals surface area contributed by atoms with Crippen LogP contribution in [-0.4, -0.2) is 38.4 Å². The summed E-state index contributed by atoms with van der Waals surface area (Å²) in [6.45, 7) is 4.17. The summed E-state index contributed by atoms with van der Waals surface area (Å²) in [5.74, 6) is 0. The fourth-order valence-electron chi connectivity index (χ4n) is 1.06. The Kier molecular flexibility index (Phi) is 7.07. The molecule has 0 saturated carbocycles. The van der Waals surface area contributed by atoms with Crippen LogP contribution in [0.15, 0.2) is 11.8 Å². The summed E-state index contributed by atoms with van der Waals surface area (Å²) in [5, 5.41) is 8.82. The van der Waals surface area contributed by atoms with Crippen LogP contribution in [0.3, 0.4) is 0 Å². The molecule has 0 aromatic carbocycles. The Morgan fingerprint density at radius 1 is 1.38 bits per heavy atom. The van der Waals surface area contributed by atoms with Crippen LogP contribution >= 0.6 is 7.60 Å². The molecule has 0 spiro atoms. The molecule has 0 amide bonds. The summed E-state index contributed by atoms with van der Waals surface area (Å²) in [6, 6.07) is 2.01. The van der Waals surface area contributed by atoms with Crippen LogP contribution in [0, 0.1) is 11.3 Å². The van der Waals surface area contributed by atoms with E-state index in [2.05, 4.69) is 0 Å². The zero-order chi connectivity index (χ0) is 12.6. The fraction of sp³-hybridized carbons (Fsp3) is 0.700. The van der Waals surface area contributed by atoms with E-state index < -0.39 is 7.60 Å². The number of rotatable bonds is 7. The largest absolute Gasteiger partial charge is 0.369 e. The van der Waals surface area contributed by atoms with Gasteiger partial charge in [-0.25, -0.2) is 0 Å². The van der Waals surface area contributed by atoms with Crippen LogP contribution in [0.25, 0.3) is 0 Å². The van der Waals surface area contributed by atoms with Crippen LogP contribution in [0.4, 0.5) is 0 Å². The third kappa shape index (κ3) is 5.32. The Hall–Kier alpha value is -0.820. The molecule has 0 aliphatic rings. The molecule has 0 aromatic heterocycles. The van der Waals surface area contributed by atoms with Gasteiger partial charge in [-0.05, 0) is 19.9 Å². The van der Waals surface area contributed by atoms with Gasteiger partial charge in [0.1, 0.15) is 11.8 Å². The van der Waals surface area contributed by atoms with E-state index >= 15 is 0 Å². The lowest BCUT2D eigenvalue weighted by molar-refractivity contribution is 0.222. The molecule has 0 saturated heterocycles. The number of hydrogen-bond donors (Lipinski definition) is 0. The lowest BCUT2D eigenvalue weighted by Gasteiger charge is -2.16. The monoisotopic (exact) mass is 246 g/mol. The summed E-state index contributed by atoms with van der Waals surface area (Å²) in [7, 11) is 0.422. The zero-order valence-corrected chi connectivity index (χ0v) is 11.2. The van der Waals surface area contributed by atoms with E-state index in [0.717, 1.165) is 0 Å². The van der Waals surface area contributed by atoms with Crippen molar-refractivity contribution in [3.05, 3.63) is 11.8 Å². The molecule has 0 aromatic rings. The van der Waals surface area contributed by atoms with Gasteiger partial charge in [-0.3, -0.25) is 4.57 Å². The second-order valence-electron chi connectivity index (χ2n) is 3.22. The van der Waals surface area contributed by atoms with Gasteiger partial charge in [-0.15, -0.1) is 0 Å². The van der Waals surface area contributed by atoms with Crippen molar-refractivity contribution < 1.29 is 13.6 Å². The van der Waals surface area contributed by atoms with Gasteiger partial charge in [0, 0.05) is 14.1 Å². The molecule has 0 aliphatic carbocycles. The SMILES string of the molecule is CCOP(=O)(CC=C(C#N)N(C)C)OCC. The first-order valence-electron chi connectivity index (χ1n) is 5.14. The molecule has 6 heteroatoms. The van der Waals surface area contributed by atoms with Gasteiger partial charge in [0.25, 0.3) is 0 Å². The first-order chi connectivity index (χ1) is 7.49. The van der Waals surface area contributed by atoms with Crippen molar-refractivity contribution in [1.82, 2.24) is 4.90 Å². The second-order valence-corrected chi connectivity index (χ2v) is 5.33. The van der Waals surface area contributed by atoms with Crippen molar-refractivity contribution in [3.8, 4) is 6.07 Å². The number of hydrogen-bond acceptors (Lipinski definition) is 5. The van der Waals surface area contributed by atoms with Gasteiger partial charge in [0.2, 0.25) is 0 Å². The number of allylic oxidation sites excluding steroid dienone is 2. The summed E-state index contributed by atoms with van der Waals surface area (Å²) in [4.78, 5) is 1.65. The summed E-state index contributed by atoms with van der Waals surface area (Å²) >= 11 is 0. The Morgan fingerprint density at radius 2 is 1.88 bits per heavy atom. The molecule has 0 atom stereocenters. The van der Waals surface area contributed by atoms with Crippen molar-refractivity contribution in [2.24, 2.45) is 0 Å². The highest BCUT2D eigenvalue weighted by molar-refractivity contribution is 7.54. The normalized spacial score (nSPS) is 12.3. The predicted octanol–water partition coefficient (Wildman–Crippen LogP) is 2.22. The maximum Gasteiger partial charge on any atom is 0.334 e. The van der Waals surface area contributed by atoms with Gasteiger partial charge in [0.15, 0.2) is 0 Å². The third-order valence-electron chi connectivity index (χ3n) is 1.76. The molecule has 0 fully saturated rings. The highest BCUT2D eigenvalue weighted by atomic mass is 31.2. The van der Waals surface area contributed by atoms with Crippen LogP contribution < -0.4 is 0 Å². The minimum absolute atomic E-state index is 0.121. The molecule has 0 N–H and O–H groups in total. The van der Waals surface area contributed by atoms with Crippen molar-refractivity contribution in [1.29, 1.82) is 5.26 Å². The number of nitrogens with zero attached hydrogens (tertiary/aromatic N) is 2. The summed E-state index contributed by atoms with van der Waals surface area (Å²) in [5.41, 5.74) is 0.444. The van der Waals surface area contributed by atoms with Crippen molar-refractivity contribution in [2.75, 3.05) is 33.5 Å². The predicted molar refractivity (Wildman–Crippen MR) is 63.1 cm³/mol. The van der Waals surface area contributed by atoms with Gasteiger partial charge < -0.3 is 13.9 Å². The molecular formula is C10H19N2O3P. The van der Waals surface area contributed by atoms with Crippen LogP contribution in [0.5, 0.6) is 0 Å². The third-order valence-corrected chi connectivity index (χ3v) is 3.69. The quantitative estimate of drug-likeness (QED) is 0.509. The zero-order valence-electron chi connectivity index (χ0n) is 10.3. The Labute approximate surface area is 97.2 Å². The molecule has 0 unspecified atom stereocenters. The topological polar surface area (TPSA) is 62.6 Å². The molecule has 5 nitrogen and oxygen atoms in total. The first-order valence-corrected chi connectivity index (χ1v) is 6.87. The van der Waals surface area contributed by atoms with Crippen LogP contribution in [-0.2, 0) is 13.6 Å². The minimum atomic E-state index is -3.08. The van der Waals surface area contributed by atoms with Crippen molar-refractivity contribution in [3.63, 3.8) is 0 Å². The summed E-state index contributed by atoms with van der Waals surface area (Å²) < 4.78 is 22.2. The smallest absolute Gasteiger partial charge is 0.334 e.